The summed E-state index contributed by atoms with van der Waals surface area (Å²) in [6.07, 6.45) is 0. The maximum absolute atomic E-state index is 13.3. The van der Waals surface area contributed by atoms with Crippen LogP contribution in [0.4, 0.5) is 4.39 Å². The number of hydrazine groups is 1. The van der Waals surface area contributed by atoms with Gasteiger partial charge in [-0.15, -0.1) is 0 Å². The fraction of sp³-hybridized carbons (Fsp3) is 0.300. The van der Waals surface area contributed by atoms with Gasteiger partial charge in [0.05, 0.1) is 7.11 Å². The summed E-state index contributed by atoms with van der Waals surface area (Å²) in [6.45, 7) is 0. The Morgan fingerprint density at radius 3 is 2.62 bits per heavy atom. The van der Waals surface area contributed by atoms with Gasteiger partial charge in [0.1, 0.15) is 6.04 Å². The van der Waals surface area contributed by atoms with E-state index in [1.54, 1.807) is 0 Å². The number of benzene rings is 1. The zero-order valence-corrected chi connectivity index (χ0v) is 9.11. The maximum atomic E-state index is 13.3. The normalized spacial score (nSPS) is 12.1. The number of halogens is 1. The molecule has 1 aromatic rings. The van der Waals surface area contributed by atoms with Crippen LogP contribution < -0.4 is 16.3 Å². The minimum atomic E-state index is -0.976. The third-order valence-corrected chi connectivity index (χ3v) is 2.15. The Hall–Kier alpha value is -1.66. The van der Waals surface area contributed by atoms with Gasteiger partial charge in [-0.2, -0.15) is 0 Å². The average Bonchev–Trinajstić information content (AvgIpc) is 2.26. The topological polar surface area (TPSA) is 81.6 Å². The SMILES string of the molecule is COc1ccc(C(N)C(=O)N(C)N)cc1F. The minimum absolute atomic E-state index is 0.101. The molecule has 0 aromatic heterocycles. The third-order valence-electron chi connectivity index (χ3n) is 2.15. The van der Waals surface area contributed by atoms with Gasteiger partial charge in [0.15, 0.2) is 11.6 Å². The molecule has 0 spiro atoms. The van der Waals surface area contributed by atoms with E-state index in [9.17, 15) is 9.18 Å². The van der Waals surface area contributed by atoms with Crippen molar-refractivity contribution in [3.63, 3.8) is 0 Å². The second-order valence-corrected chi connectivity index (χ2v) is 3.32. The van der Waals surface area contributed by atoms with Crippen molar-refractivity contribution in [2.75, 3.05) is 14.2 Å². The highest BCUT2D eigenvalue weighted by Crippen LogP contribution is 2.21. The molecule has 0 aliphatic carbocycles. The van der Waals surface area contributed by atoms with Crippen LogP contribution in [0.25, 0.3) is 0 Å². The maximum Gasteiger partial charge on any atom is 0.257 e. The van der Waals surface area contributed by atoms with E-state index in [4.69, 9.17) is 16.3 Å². The molecule has 1 rings (SSSR count). The Bertz CT molecular complexity index is 396. The summed E-state index contributed by atoms with van der Waals surface area (Å²) in [5, 5.41) is 0.868. The first-order valence-electron chi connectivity index (χ1n) is 4.58. The van der Waals surface area contributed by atoms with Crippen molar-refractivity contribution in [1.82, 2.24) is 5.01 Å². The third kappa shape index (κ3) is 2.47. The summed E-state index contributed by atoms with van der Waals surface area (Å²) in [4.78, 5) is 11.4. The van der Waals surface area contributed by atoms with Crippen LogP contribution in [0.2, 0.25) is 0 Å². The number of hydrogen-bond donors (Lipinski definition) is 2. The Balaban J connectivity index is 2.97. The number of hydrogen-bond acceptors (Lipinski definition) is 4. The molecular formula is C10H14FN3O2. The van der Waals surface area contributed by atoms with Gasteiger partial charge in [0.2, 0.25) is 0 Å². The summed E-state index contributed by atoms with van der Waals surface area (Å²) < 4.78 is 18.1. The lowest BCUT2D eigenvalue weighted by molar-refractivity contribution is -0.131. The van der Waals surface area contributed by atoms with E-state index < -0.39 is 17.8 Å². The number of ether oxygens (including phenoxy) is 1. The number of carbonyl (C=O) groups is 1. The van der Waals surface area contributed by atoms with Crippen LogP contribution in [0.15, 0.2) is 18.2 Å². The van der Waals surface area contributed by atoms with Crippen LogP contribution >= 0.6 is 0 Å². The molecule has 0 aliphatic heterocycles. The van der Waals surface area contributed by atoms with E-state index in [0.717, 1.165) is 11.1 Å². The lowest BCUT2D eigenvalue weighted by atomic mass is 10.1. The highest BCUT2D eigenvalue weighted by atomic mass is 19.1. The lowest BCUT2D eigenvalue weighted by Gasteiger charge is -2.16. The molecule has 5 nitrogen and oxygen atoms in total. The van der Waals surface area contributed by atoms with E-state index in [2.05, 4.69) is 0 Å². The fourth-order valence-electron chi connectivity index (χ4n) is 1.24. The number of methoxy groups -OCH3 is 1. The molecule has 0 bridgehead atoms. The van der Waals surface area contributed by atoms with Crippen LogP contribution in [-0.2, 0) is 4.79 Å². The highest BCUT2D eigenvalue weighted by molar-refractivity contribution is 5.82. The molecule has 0 saturated carbocycles. The van der Waals surface area contributed by atoms with E-state index in [1.165, 1.54) is 26.3 Å². The summed E-state index contributed by atoms with van der Waals surface area (Å²) >= 11 is 0. The van der Waals surface area contributed by atoms with Crippen LogP contribution in [0, 0.1) is 5.82 Å². The van der Waals surface area contributed by atoms with Crippen molar-refractivity contribution < 1.29 is 13.9 Å². The first-order chi connectivity index (χ1) is 7.47. The Morgan fingerprint density at radius 1 is 1.56 bits per heavy atom. The summed E-state index contributed by atoms with van der Waals surface area (Å²) in [5.74, 6) is 4.29. The van der Waals surface area contributed by atoms with Gasteiger partial charge in [-0.1, -0.05) is 6.07 Å². The van der Waals surface area contributed by atoms with E-state index in [-0.39, 0.29) is 5.75 Å². The zero-order valence-electron chi connectivity index (χ0n) is 9.11. The monoisotopic (exact) mass is 227 g/mol. The van der Waals surface area contributed by atoms with E-state index in [0.29, 0.717) is 5.56 Å². The van der Waals surface area contributed by atoms with Gasteiger partial charge in [-0.25, -0.2) is 10.2 Å². The smallest absolute Gasteiger partial charge is 0.257 e. The van der Waals surface area contributed by atoms with Gasteiger partial charge in [-0.3, -0.25) is 9.80 Å². The molecule has 0 radical (unpaired) electrons. The summed E-state index contributed by atoms with van der Waals surface area (Å²) in [5.41, 5.74) is 5.97. The van der Waals surface area contributed by atoms with Crippen molar-refractivity contribution in [3.8, 4) is 5.75 Å². The molecule has 1 atom stereocenters. The van der Waals surface area contributed by atoms with Crippen LogP contribution in [0.3, 0.4) is 0 Å². The lowest BCUT2D eigenvalue weighted by Crippen LogP contribution is -2.40. The molecule has 1 unspecified atom stereocenters. The standard InChI is InChI=1S/C10H14FN3O2/c1-14(13)10(15)9(12)6-3-4-8(16-2)7(11)5-6/h3-5,9H,12-13H2,1-2H3. The molecule has 1 aromatic carbocycles. The van der Waals surface area contributed by atoms with Gasteiger partial charge in [-0.05, 0) is 17.7 Å². The zero-order chi connectivity index (χ0) is 12.3. The van der Waals surface area contributed by atoms with E-state index >= 15 is 0 Å². The molecule has 6 heteroatoms. The molecule has 88 valence electrons. The summed E-state index contributed by atoms with van der Waals surface area (Å²) in [7, 11) is 2.74. The molecule has 1 amide bonds. The Labute approximate surface area is 92.7 Å². The second-order valence-electron chi connectivity index (χ2n) is 3.32. The van der Waals surface area contributed by atoms with Crippen LogP contribution in [0.1, 0.15) is 11.6 Å². The highest BCUT2D eigenvalue weighted by Gasteiger charge is 2.19. The largest absolute Gasteiger partial charge is 0.494 e. The number of rotatable bonds is 3. The Morgan fingerprint density at radius 2 is 2.19 bits per heavy atom. The Kier molecular flexibility index (Phi) is 3.81. The van der Waals surface area contributed by atoms with Crippen molar-refractivity contribution in [2.45, 2.75) is 6.04 Å². The summed E-state index contributed by atoms with van der Waals surface area (Å²) in [6, 6.07) is 3.11. The number of nitrogens with two attached hydrogens (primary N) is 2. The first kappa shape index (κ1) is 12.4. The quantitative estimate of drug-likeness (QED) is 0.438. The number of nitrogens with zero attached hydrogens (tertiary/aromatic N) is 1. The predicted molar refractivity (Wildman–Crippen MR) is 56.8 cm³/mol. The van der Waals surface area contributed by atoms with Crippen molar-refractivity contribution in [3.05, 3.63) is 29.6 Å². The molecule has 0 heterocycles. The van der Waals surface area contributed by atoms with Gasteiger partial charge in [0.25, 0.3) is 5.91 Å². The van der Waals surface area contributed by atoms with Gasteiger partial charge < -0.3 is 10.5 Å². The minimum Gasteiger partial charge on any atom is -0.494 e. The molecular weight excluding hydrogens is 213 g/mol. The second kappa shape index (κ2) is 4.91. The average molecular weight is 227 g/mol. The van der Waals surface area contributed by atoms with Crippen molar-refractivity contribution in [1.29, 1.82) is 0 Å². The number of amides is 1. The molecule has 16 heavy (non-hydrogen) atoms. The van der Waals surface area contributed by atoms with Gasteiger partial charge in [0, 0.05) is 7.05 Å². The molecule has 0 fully saturated rings. The van der Waals surface area contributed by atoms with E-state index in [1.807, 2.05) is 0 Å². The predicted octanol–water partition coefficient (Wildman–Crippen LogP) is 0.166. The van der Waals surface area contributed by atoms with Crippen molar-refractivity contribution in [2.24, 2.45) is 11.6 Å². The molecule has 0 aliphatic rings. The van der Waals surface area contributed by atoms with Crippen molar-refractivity contribution >= 4 is 5.91 Å². The first-order valence-corrected chi connectivity index (χ1v) is 4.58. The van der Waals surface area contributed by atoms with Gasteiger partial charge >= 0.3 is 0 Å². The van der Waals surface area contributed by atoms with Crippen LogP contribution in [-0.4, -0.2) is 25.1 Å². The number of carbonyl (C=O) groups excluding carboxylic acids is 1. The fourth-order valence-corrected chi connectivity index (χ4v) is 1.24. The molecule has 0 saturated heterocycles. The molecule has 4 N–H and O–H groups in total. The number of likely N-dealkylation sites (N-methyl/N-ethyl adjacent to an activating group) is 1. The van der Waals surface area contributed by atoms with Crippen LogP contribution in [0.5, 0.6) is 5.75 Å².